The van der Waals surface area contributed by atoms with Crippen molar-refractivity contribution in [3.8, 4) is 34.2 Å². The first-order valence-corrected chi connectivity index (χ1v) is 13.4. The van der Waals surface area contributed by atoms with E-state index in [0.29, 0.717) is 28.1 Å². The van der Waals surface area contributed by atoms with Gasteiger partial charge in [-0.15, -0.1) is 0 Å². The molecule has 0 atom stereocenters. The van der Waals surface area contributed by atoms with Crippen LogP contribution in [0.25, 0.3) is 77.6 Å². The molecule has 0 saturated carbocycles. The molecule has 40 heavy (non-hydrogen) atoms. The minimum absolute atomic E-state index is 0.534. The molecule has 0 aliphatic rings. The molecular weight excluding hydrogens is 514 g/mol. The third-order valence-corrected chi connectivity index (χ3v) is 7.66. The third kappa shape index (κ3) is 3.73. The highest BCUT2D eigenvalue weighted by Crippen LogP contribution is 2.37. The van der Waals surface area contributed by atoms with Crippen molar-refractivity contribution < 1.29 is 4.42 Å². The Labute approximate surface area is 234 Å². The van der Waals surface area contributed by atoms with Crippen molar-refractivity contribution in [1.29, 1.82) is 0 Å². The Morgan fingerprint density at radius 1 is 0.450 bits per heavy atom. The zero-order chi connectivity index (χ0) is 26.6. The van der Waals surface area contributed by atoms with Crippen LogP contribution in [0.3, 0.4) is 0 Å². The molecule has 0 aliphatic heterocycles. The molecule has 0 spiro atoms. The maximum atomic E-state index is 6.83. The summed E-state index contributed by atoms with van der Waals surface area (Å²) in [4.78, 5) is 14.7. The van der Waals surface area contributed by atoms with Gasteiger partial charge in [-0.3, -0.25) is 0 Å². The van der Waals surface area contributed by atoms with Crippen LogP contribution in [0.5, 0.6) is 0 Å². The lowest BCUT2D eigenvalue weighted by atomic mass is 10.00. The lowest BCUT2D eigenvalue weighted by Crippen LogP contribution is -2.00. The second-order valence-corrected chi connectivity index (χ2v) is 10.2. The molecule has 6 aromatic carbocycles. The van der Waals surface area contributed by atoms with Gasteiger partial charge in [0.25, 0.3) is 0 Å². The number of hydrogen-bond acceptors (Lipinski definition) is 4. The van der Waals surface area contributed by atoms with Crippen LogP contribution in [-0.4, -0.2) is 15.0 Å². The molecule has 0 unspecified atom stereocenters. The predicted molar refractivity (Wildman–Crippen MR) is 163 cm³/mol. The Hall–Kier alpha value is -5.06. The van der Waals surface area contributed by atoms with Crippen LogP contribution >= 0.6 is 11.6 Å². The van der Waals surface area contributed by atoms with Crippen LogP contribution in [0.1, 0.15) is 0 Å². The van der Waals surface area contributed by atoms with E-state index in [9.17, 15) is 0 Å². The molecule has 8 rings (SSSR count). The third-order valence-electron chi connectivity index (χ3n) is 7.36. The largest absolute Gasteiger partial charge is 0.456 e. The van der Waals surface area contributed by atoms with Crippen molar-refractivity contribution in [2.24, 2.45) is 0 Å². The van der Waals surface area contributed by atoms with Crippen LogP contribution in [0.4, 0.5) is 0 Å². The highest BCUT2D eigenvalue weighted by Gasteiger charge is 2.17. The second-order valence-electron chi connectivity index (χ2n) is 9.82. The number of fused-ring (bicyclic) bond motifs is 6. The quantitative estimate of drug-likeness (QED) is 0.212. The lowest BCUT2D eigenvalue weighted by Gasteiger charge is -2.10. The van der Waals surface area contributed by atoms with E-state index in [4.69, 9.17) is 31.0 Å². The summed E-state index contributed by atoms with van der Waals surface area (Å²) in [5.74, 6) is 1.73. The summed E-state index contributed by atoms with van der Waals surface area (Å²) in [6, 6.07) is 40.8. The summed E-state index contributed by atoms with van der Waals surface area (Å²) in [5.41, 5.74) is 4.09. The normalized spacial score (nSPS) is 11.6. The first-order valence-electron chi connectivity index (χ1n) is 13.1. The van der Waals surface area contributed by atoms with E-state index in [1.165, 1.54) is 16.2 Å². The molecule has 0 fully saturated rings. The summed E-state index contributed by atoms with van der Waals surface area (Å²) in [6.45, 7) is 0. The summed E-state index contributed by atoms with van der Waals surface area (Å²) >= 11 is 6.83. The van der Waals surface area contributed by atoms with Crippen molar-refractivity contribution in [2.75, 3.05) is 0 Å². The Morgan fingerprint density at radius 3 is 1.95 bits per heavy atom. The Kier molecular flexibility index (Phi) is 5.15. The summed E-state index contributed by atoms with van der Waals surface area (Å²) in [6.07, 6.45) is 0. The summed E-state index contributed by atoms with van der Waals surface area (Å²) in [7, 11) is 0. The molecule has 0 saturated heterocycles. The number of halogens is 1. The minimum Gasteiger partial charge on any atom is -0.456 e. The van der Waals surface area contributed by atoms with Gasteiger partial charge in [0, 0.05) is 27.5 Å². The first-order chi connectivity index (χ1) is 19.7. The highest BCUT2D eigenvalue weighted by molar-refractivity contribution is 6.38. The maximum Gasteiger partial charge on any atom is 0.164 e. The monoisotopic (exact) mass is 533 g/mol. The molecule has 2 heterocycles. The number of furan rings is 1. The summed E-state index contributed by atoms with van der Waals surface area (Å²) in [5, 5.41) is 7.24. The van der Waals surface area contributed by atoms with Gasteiger partial charge >= 0.3 is 0 Å². The van der Waals surface area contributed by atoms with E-state index in [2.05, 4.69) is 54.6 Å². The molecule has 0 aliphatic carbocycles. The van der Waals surface area contributed by atoms with E-state index >= 15 is 0 Å². The van der Waals surface area contributed by atoms with Crippen LogP contribution in [0, 0.1) is 0 Å². The van der Waals surface area contributed by atoms with Gasteiger partial charge in [-0.1, -0.05) is 109 Å². The van der Waals surface area contributed by atoms with Crippen molar-refractivity contribution >= 4 is 55.1 Å². The molecule has 188 valence electrons. The average Bonchev–Trinajstić information content (AvgIpc) is 3.40. The fraction of sp³-hybridized carbons (Fsp3) is 0. The number of para-hydroxylation sites is 1. The van der Waals surface area contributed by atoms with Crippen molar-refractivity contribution in [3.63, 3.8) is 0 Å². The minimum atomic E-state index is 0.534. The molecule has 0 amide bonds. The van der Waals surface area contributed by atoms with E-state index < -0.39 is 0 Å². The molecule has 4 nitrogen and oxygen atoms in total. The number of rotatable bonds is 3. The van der Waals surface area contributed by atoms with Crippen LogP contribution < -0.4 is 0 Å². The Morgan fingerprint density at radius 2 is 1.10 bits per heavy atom. The van der Waals surface area contributed by atoms with Crippen LogP contribution in [0.15, 0.2) is 126 Å². The average molecular weight is 534 g/mol. The van der Waals surface area contributed by atoms with Gasteiger partial charge in [0.15, 0.2) is 17.5 Å². The standard InChI is InChI=1S/C35H20ClN3O/c36-29-19-25(20-31-32(29)28-12-6-7-13-30(28)40-31)35-38-33(22-9-2-1-3-10-22)37-34(39-35)24-16-17-27-23(18-24)15-14-21-8-4-5-11-26(21)27/h1-20H. The van der Waals surface area contributed by atoms with Crippen molar-refractivity contribution in [1.82, 2.24) is 15.0 Å². The van der Waals surface area contributed by atoms with Gasteiger partial charge in [0.2, 0.25) is 0 Å². The SMILES string of the molecule is Clc1cc(-c2nc(-c3ccccc3)nc(-c3ccc4c(ccc5ccccc54)c3)n2)cc2oc3ccccc3c12. The van der Waals surface area contributed by atoms with Gasteiger partial charge in [-0.05, 0) is 45.8 Å². The molecular formula is C35H20ClN3O. The van der Waals surface area contributed by atoms with Crippen LogP contribution in [0.2, 0.25) is 5.02 Å². The van der Waals surface area contributed by atoms with Crippen molar-refractivity contribution in [3.05, 3.63) is 126 Å². The van der Waals surface area contributed by atoms with Crippen molar-refractivity contribution in [2.45, 2.75) is 0 Å². The first kappa shape index (κ1) is 22.9. The molecule has 0 radical (unpaired) electrons. The highest BCUT2D eigenvalue weighted by atomic mass is 35.5. The van der Waals surface area contributed by atoms with E-state index in [-0.39, 0.29) is 0 Å². The number of aromatic nitrogens is 3. The van der Waals surface area contributed by atoms with E-state index in [1.807, 2.05) is 66.7 Å². The zero-order valence-electron chi connectivity index (χ0n) is 21.2. The molecule has 0 N–H and O–H groups in total. The van der Waals surface area contributed by atoms with Gasteiger partial charge in [0.05, 0.1) is 5.02 Å². The molecule has 2 aromatic heterocycles. The molecule has 0 bridgehead atoms. The molecule has 5 heteroatoms. The van der Waals surface area contributed by atoms with E-state index in [0.717, 1.165) is 38.4 Å². The maximum absolute atomic E-state index is 6.83. The predicted octanol–water partition coefficient (Wildman–Crippen LogP) is 9.73. The number of nitrogens with zero attached hydrogens (tertiary/aromatic N) is 3. The topological polar surface area (TPSA) is 51.8 Å². The summed E-state index contributed by atoms with van der Waals surface area (Å²) < 4.78 is 6.15. The second kappa shape index (κ2) is 9.01. The van der Waals surface area contributed by atoms with E-state index in [1.54, 1.807) is 0 Å². The van der Waals surface area contributed by atoms with Gasteiger partial charge in [0.1, 0.15) is 11.2 Å². The van der Waals surface area contributed by atoms with Crippen LogP contribution in [-0.2, 0) is 0 Å². The van der Waals surface area contributed by atoms with Gasteiger partial charge in [-0.25, -0.2) is 15.0 Å². The molecule has 8 aromatic rings. The fourth-order valence-corrected chi connectivity index (χ4v) is 5.75. The smallest absolute Gasteiger partial charge is 0.164 e. The van der Waals surface area contributed by atoms with Gasteiger partial charge < -0.3 is 4.42 Å². The lowest BCUT2D eigenvalue weighted by molar-refractivity contribution is 0.669. The van der Waals surface area contributed by atoms with Gasteiger partial charge in [-0.2, -0.15) is 0 Å². The number of hydrogen-bond donors (Lipinski definition) is 0. The fourth-order valence-electron chi connectivity index (χ4n) is 5.44. The Balaban J connectivity index is 1.34. The number of benzene rings is 6. The Bertz CT molecular complexity index is 2240. The zero-order valence-corrected chi connectivity index (χ0v) is 21.9.